The van der Waals surface area contributed by atoms with Gasteiger partial charge in [-0.05, 0) is 20.3 Å². The standard InChI is InChI=1S/C9H18N2O3/c1-4-6(5-7(12)13)11-8(14)9(2,3)10/h6H,4-5,10H2,1-3H3,(H,11,14)(H,12,13). The number of carboxylic acids is 1. The average molecular weight is 202 g/mol. The molecule has 0 aromatic heterocycles. The zero-order valence-electron chi connectivity index (χ0n) is 8.83. The molecule has 1 amide bonds. The van der Waals surface area contributed by atoms with Gasteiger partial charge in [0.1, 0.15) is 0 Å². The van der Waals surface area contributed by atoms with E-state index in [-0.39, 0.29) is 18.4 Å². The molecule has 0 aliphatic heterocycles. The van der Waals surface area contributed by atoms with Gasteiger partial charge in [0.2, 0.25) is 5.91 Å². The molecule has 0 saturated heterocycles. The summed E-state index contributed by atoms with van der Waals surface area (Å²) in [5.74, 6) is -1.25. The van der Waals surface area contributed by atoms with Crippen LogP contribution in [0.4, 0.5) is 0 Å². The number of amides is 1. The first kappa shape index (κ1) is 12.9. The Kier molecular flexibility index (Phi) is 4.56. The van der Waals surface area contributed by atoms with E-state index in [2.05, 4.69) is 5.32 Å². The fourth-order valence-electron chi connectivity index (χ4n) is 0.880. The summed E-state index contributed by atoms with van der Waals surface area (Å²) in [6.45, 7) is 4.98. The predicted molar refractivity (Wildman–Crippen MR) is 52.7 cm³/mol. The maximum Gasteiger partial charge on any atom is 0.305 e. The van der Waals surface area contributed by atoms with Crippen molar-refractivity contribution >= 4 is 11.9 Å². The van der Waals surface area contributed by atoms with Crippen LogP contribution in [0.2, 0.25) is 0 Å². The summed E-state index contributed by atoms with van der Waals surface area (Å²) in [5, 5.41) is 11.1. The quantitative estimate of drug-likeness (QED) is 0.589. The number of carboxylic acid groups (broad SMARTS) is 1. The molecule has 1 atom stereocenters. The van der Waals surface area contributed by atoms with Crippen LogP contribution >= 0.6 is 0 Å². The molecule has 5 nitrogen and oxygen atoms in total. The lowest BCUT2D eigenvalue weighted by molar-refractivity contribution is -0.137. The molecule has 0 heterocycles. The zero-order valence-corrected chi connectivity index (χ0v) is 8.83. The van der Waals surface area contributed by atoms with Crippen LogP contribution < -0.4 is 11.1 Å². The molecule has 4 N–H and O–H groups in total. The lowest BCUT2D eigenvalue weighted by Gasteiger charge is -2.22. The summed E-state index contributed by atoms with van der Waals surface area (Å²) in [4.78, 5) is 21.8. The Morgan fingerprint density at radius 1 is 1.50 bits per heavy atom. The average Bonchev–Trinajstić information content (AvgIpc) is 2.00. The normalized spacial score (nSPS) is 13.4. The van der Waals surface area contributed by atoms with Crippen LogP contribution in [0.25, 0.3) is 0 Å². The molecular formula is C9H18N2O3. The summed E-state index contributed by atoms with van der Waals surface area (Å²) in [7, 11) is 0. The number of aliphatic carboxylic acids is 1. The highest BCUT2D eigenvalue weighted by molar-refractivity contribution is 5.85. The Balaban J connectivity index is 4.19. The Morgan fingerprint density at radius 3 is 2.29 bits per heavy atom. The number of nitrogens with two attached hydrogens (primary N) is 1. The molecule has 82 valence electrons. The Labute approximate surface area is 83.7 Å². The molecule has 0 saturated carbocycles. The van der Waals surface area contributed by atoms with E-state index >= 15 is 0 Å². The molecule has 0 radical (unpaired) electrons. The summed E-state index contributed by atoms with van der Waals surface area (Å²) < 4.78 is 0. The van der Waals surface area contributed by atoms with Gasteiger partial charge in [-0.15, -0.1) is 0 Å². The summed E-state index contributed by atoms with van der Waals surface area (Å²) in [6, 6.07) is -0.345. The monoisotopic (exact) mass is 202 g/mol. The molecule has 0 spiro atoms. The molecule has 14 heavy (non-hydrogen) atoms. The van der Waals surface area contributed by atoms with Crippen LogP contribution in [-0.4, -0.2) is 28.6 Å². The molecule has 0 aliphatic rings. The van der Waals surface area contributed by atoms with Gasteiger partial charge in [0.25, 0.3) is 0 Å². The Bertz CT molecular complexity index is 221. The van der Waals surface area contributed by atoms with E-state index < -0.39 is 11.5 Å². The molecule has 5 heteroatoms. The fourth-order valence-corrected chi connectivity index (χ4v) is 0.880. The summed E-state index contributed by atoms with van der Waals surface area (Å²) in [5.41, 5.74) is 4.59. The maximum atomic E-state index is 11.4. The Morgan fingerprint density at radius 2 is 2.00 bits per heavy atom. The lowest BCUT2D eigenvalue weighted by Crippen LogP contribution is -2.52. The van der Waals surface area contributed by atoms with Crippen molar-refractivity contribution in [2.45, 2.75) is 45.2 Å². The van der Waals surface area contributed by atoms with E-state index in [0.29, 0.717) is 6.42 Å². The zero-order chi connectivity index (χ0) is 11.4. The van der Waals surface area contributed by atoms with Crippen molar-refractivity contribution < 1.29 is 14.7 Å². The van der Waals surface area contributed by atoms with Gasteiger partial charge in [0.15, 0.2) is 0 Å². The third kappa shape index (κ3) is 4.81. The van der Waals surface area contributed by atoms with Crippen molar-refractivity contribution in [3.05, 3.63) is 0 Å². The number of nitrogens with one attached hydrogen (secondary N) is 1. The van der Waals surface area contributed by atoms with E-state index in [4.69, 9.17) is 10.8 Å². The van der Waals surface area contributed by atoms with E-state index in [1.165, 1.54) is 0 Å². The Hall–Kier alpha value is -1.10. The van der Waals surface area contributed by atoms with E-state index in [1.807, 2.05) is 6.92 Å². The van der Waals surface area contributed by atoms with Gasteiger partial charge in [-0.1, -0.05) is 6.92 Å². The van der Waals surface area contributed by atoms with Crippen LogP contribution in [0, 0.1) is 0 Å². The maximum absolute atomic E-state index is 11.4. The largest absolute Gasteiger partial charge is 0.481 e. The van der Waals surface area contributed by atoms with Crippen LogP contribution in [0.15, 0.2) is 0 Å². The van der Waals surface area contributed by atoms with E-state index in [1.54, 1.807) is 13.8 Å². The van der Waals surface area contributed by atoms with Gasteiger partial charge < -0.3 is 16.2 Å². The molecule has 0 rings (SSSR count). The number of carbonyl (C=O) groups is 2. The first-order chi connectivity index (χ1) is 6.27. The number of hydrogen-bond acceptors (Lipinski definition) is 3. The van der Waals surface area contributed by atoms with E-state index in [9.17, 15) is 9.59 Å². The van der Waals surface area contributed by atoms with Crippen molar-refractivity contribution in [1.29, 1.82) is 0 Å². The fraction of sp³-hybridized carbons (Fsp3) is 0.778. The minimum Gasteiger partial charge on any atom is -0.481 e. The summed E-state index contributed by atoms with van der Waals surface area (Å²) in [6.07, 6.45) is 0.506. The van der Waals surface area contributed by atoms with Crippen LogP contribution in [0.3, 0.4) is 0 Å². The highest BCUT2D eigenvalue weighted by atomic mass is 16.4. The van der Waals surface area contributed by atoms with Gasteiger partial charge in [0.05, 0.1) is 12.0 Å². The van der Waals surface area contributed by atoms with Gasteiger partial charge in [0, 0.05) is 6.04 Å². The number of carbonyl (C=O) groups excluding carboxylic acids is 1. The van der Waals surface area contributed by atoms with Crippen molar-refractivity contribution in [3.63, 3.8) is 0 Å². The highest BCUT2D eigenvalue weighted by Crippen LogP contribution is 2.02. The second-order valence-corrected chi connectivity index (χ2v) is 3.90. The third-order valence-electron chi connectivity index (χ3n) is 1.83. The first-order valence-electron chi connectivity index (χ1n) is 4.59. The van der Waals surface area contributed by atoms with Gasteiger partial charge in [-0.25, -0.2) is 0 Å². The molecule has 0 aromatic rings. The molecule has 0 bridgehead atoms. The SMILES string of the molecule is CCC(CC(=O)O)NC(=O)C(C)(C)N. The van der Waals surface area contributed by atoms with Gasteiger partial charge in [-0.3, -0.25) is 9.59 Å². The number of hydrogen-bond donors (Lipinski definition) is 3. The van der Waals surface area contributed by atoms with Crippen LogP contribution in [-0.2, 0) is 9.59 Å². The summed E-state index contributed by atoms with van der Waals surface area (Å²) >= 11 is 0. The molecule has 0 fully saturated rings. The van der Waals surface area contributed by atoms with Gasteiger partial charge in [-0.2, -0.15) is 0 Å². The van der Waals surface area contributed by atoms with Crippen LogP contribution in [0.1, 0.15) is 33.6 Å². The van der Waals surface area contributed by atoms with Crippen LogP contribution in [0.5, 0.6) is 0 Å². The lowest BCUT2D eigenvalue weighted by atomic mass is 10.0. The molecular weight excluding hydrogens is 184 g/mol. The molecule has 0 aliphatic carbocycles. The second-order valence-electron chi connectivity index (χ2n) is 3.90. The van der Waals surface area contributed by atoms with E-state index in [0.717, 1.165) is 0 Å². The first-order valence-corrected chi connectivity index (χ1v) is 4.59. The smallest absolute Gasteiger partial charge is 0.305 e. The van der Waals surface area contributed by atoms with Crippen molar-refractivity contribution in [1.82, 2.24) is 5.32 Å². The molecule has 0 aromatic carbocycles. The van der Waals surface area contributed by atoms with Crippen molar-refractivity contribution in [2.75, 3.05) is 0 Å². The number of rotatable bonds is 5. The highest BCUT2D eigenvalue weighted by Gasteiger charge is 2.24. The topological polar surface area (TPSA) is 92.4 Å². The minimum atomic E-state index is -0.966. The third-order valence-corrected chi connectivity index (χ3v) is 1.83. The van der Waals surface area contributed by atoms with Crippen molar-refractivity contribution in [3.8, 4) is 0 Å². The molecule has 1 unspecified atom stereocenters. The van der Waals surface area contributed by atoms with Crippen molar-refractivity contribution in [2.24, 2.45) is 5.73 Å². The second kappa shape index (κ2) is 4.95. The minimum absolute atomic E-state index is 0.0711. The predicted octanol–water partition coefficient (Wildman–Crippen LogP) is 0.0932. The van der Waals surface area contributed by atoms with Gasteiger partial charge >= 0.3 is 5.97 Å².